The fraction of sp³-hybridized carbons (Fsp3) is 0.263. The third-order valence-corrected chi connectivity index (χ3v) is 4.32. The van der Waals surface area contributed by atoms with Crippen molar-refractivity contribution in [3.63, 3.8) is 0 Å². The van der Waals surface area contributed by atoms with Crippen molar-refractivity contribution in [1.29, 1.82) is 0 Å². The summed E-state index contributed by atoms with van der Waals surface area (Å²) in [6.07, 6.45) is 2.69. The molecule has 142 valence electrons. The SMILES string of the molecule is CCc1ccc(Nc2nccc(-c3nnc4nc(COC)nn4c3C)n2)cc1. The van der Waals surface area contributed by atoms with Gasteiger partial charge in [0.2, 0.25) is 5.95 Å². The Balaban J connectivity index is 1.65. The van der Waals surface area contributed by atoms with E-state index in [-0.39, 0.29) is 0 Å². The van der Waals surface area contributed by atoms with E-state index >= 15 is 0 Å². The van der Waals surface area contributed by atoms with E-state index < -0.39 is 0 Å². The monoisotopic (exact) mass is 376 g/mol. The minimum absolute atomic E-state index is 0.316. The molecule has 0 radical (unpaired) electrons. The molecule has 3 aromatic heterocycles. The molecule has 0 saturated carbocycles. The summed E-state index contributed by atoms with van der Waals surface area (Å²) in [5, 5.41) is 16.1. The molecule has 28 heavy (non-hydrogen) atoms. The topological polar surface area (TPSA) is 103 Å². The zero-order chi connectivity index (χ0) is 19.5. The van der Waals surface area contributed by atoms with Gasteiger partial charge in [-0.15, -0.1) is 15.3 Å². The molecular weight excluding hydrogens is 356 g/mol. The summed E-state index contributed by atoms with van der Waals surface area (Å²) in [5.41, 5.74) is 4.26. The lowest BCUT2D eigenvalue weighted by Crippen LogP contribution is -2.05. The Morgan fingerprint density at radius 3 is 2.64 bits per heavy atom. The largest absolute Gasteiger partial charge is 0.377 e. The molecule has 1 N–H and O–H groups in total. The Morgan fingerprint density at radius 1 is 1.07 bits per heavy atom. The minimum Gasteiger partial charge on any atom is -0.377 e. The summed E-state index contributed by atoms with van der Waals surface area (Å²) in [6, 6.07) is 9.98. The second-order valence-electron chi connectivity index (χ2n) is 6.25. The summed E-state index contributed by atoms with van der Waals surface area (Å²) < 4.78 is 6.73. The van der Waals surface area contributed by atoms with Crippen LogP contribution in [0.15, 0.2) is 36.5 Å². The smallest absolute Gasteiger partial charge is 0.272 e. The summed E-state index contributed by atoms with van der Waals surface area (Å²) >= 11 is 0. The molecule has 0 fully saturated rings. The molecule has 0 amide bonds. The maximum absolute atomic E-state index is 5.08. The predicted octanol–water partition coefficient (Wildman–Crippen LogP) is 2.74. The number of anilines is 2. The van der Waals surface area contributed by atoms with Gasteiger partial charge >= 0.3 is 0 Å². The standard InChI is InChI=1S/C19H20N8O/c1-4-13-5-7-14(8-6-13)21-18-20-10-9-15(22-18)17-12(2)27-19(25-24-17)23-16(26-27)11-28-3/h5-10H,4,11H2,1-3H3,(H,20,21,22). The third-order valence-electron chi connectivity index (χ3n) is 4.32. The van der Waals surface area contributed by atoms with Crippen molar-refractivity contribution in [2.24, 2.45) is 0 Å². The van der Waals surface area contributed by atoms with Gasteiger partial charge in [-0.25, -0.2) is 9.97 Å². The van der Waals surface area contributed by atoms with Crippen LogP contribution in [0, 0.1) is 6.92 Å². The van der Waals surface area contributed by atoms with E-state index in [1.807, 2.05) is 19.1 Å². The van der Waals surface area contributed by atoms with Crippen LogP contribution in [-0.4, -0.2) is 41.9 Å². The minimum atomic E-state index is 0.316. The van der Waals surface area contributed by atoms with Crippen molar-refractivity contribution in [3.8, 4) is 11.4 Å². The van der Waals surface area contributed by atoms with Gasteiger partial charge in [-0.3, -0.25) is 0 Å². The van der Waals surface area contributed by atoms with Crippen molar-refractivity contribution >= 4 is 17.4 Å². The zero-order valence-corrected chi connectivity index (χ0v) is 15.9. The Morgan fingerprint density at radius 2 is 1.89 bits per heavy atom. The van der Waals surface area contributed by atoms with Gasteiger partial charge in [0, 0.05) is 19.0 Å². The maximum atomic E-state index is 5.08. The number of ether oxygens (including phenoxy) is 1. The second-order valence-corrected chi connectivity index (χ2v) is 6.25. The molecule has 9 nitrogen and oxygen atoms in total. The maximum Gasteiger partial charge on any atom is 0.272 e. The van der Waals surface area contributed by atoms with Crippen LogP contribution in [0.2, 0.25) is 0 Å². The average Bonchev–Trinajstić information content (AvgIpc) is 3.13. The molecule has 0 bridgehead atoms. The molecule has 0 unspecified atom stereocenters. The summed E-state index contributed by atoms with van der Waals surface area (Å²) in [6.45, 7) is 4.35. The van der Waals surface area contributed by atoms with Crippen molar-refractivity contribution in [3.05, 3.63) is 53.6 Å². The first-order valence-electron chi connectivity index (χ1n) is 8.95. The number of rotatable bonds is 6. The Hall–Kier alpha value is -3.46. The summed E-state index contributed by atoms with van der Waals surface area (Å²) in [7, 11) is 1.60. The molecule has 0 aliphatic carbocycles. The van der Waals surface area contributed by atoms with Gasteiger partial charge in [-0.2, -0.15) is 9.50 Å². The first-order chi connectivity index (χ1) is 13.7. The number of hydrogen-bond acceptors (Lipinski definition) is 8. The van der Waals surface area contributed by atoms with Gasteiger partial charge in [0.05, 0.1) is 11.4 Å². The normalized spacial score (nSPS) is 11.1. The average molecular weight is 376 g/mol. The quantitative estimate of drug-likeness (QED) is 0.548. The number of methoxy groups -OCH3 is 1. The molecule has 0 spiro atoms. The van der Waals surface area contributed by atoms with Crippen molar-refractivity contribution < 1.29 is 4.74 Å². The molecule has 9 heteroatoms. The van der Waals surface area contributed by atoms with Crippen molar-refractivity contribution in [2.75, 3.05) is 12.4 Å². The van der Waals surface area contributed by atoms with Crippen LogP contribution in [-0.2, 0) is 17.8 Å². The van der Waals surface area contributed by atoms with E-state index in [1.54, 1.807) is 23.9 Å². The molecule has 0 atom stereocenters. The van der Waals surface area contributed by atoms with Crippen LogP contribution >= 0.6 is 0 Å². The Labute approximate surface area is 161 Å². The highest BCUT2D eigenvalue weighted by molar-refractivity contribution is 5.61. The highest BCUT2D eigenvalue weighted by Crippen LogP contribution is 2.21. The number of nitrogens with zero attached hydrogens (tertiary/aromatic N) is 7. The molecule has 1 aromatic carbocycles. The Bertz CT molecular complexity index is 1110. The predicted molar refractivity (Wildman–Crippen MR) is 104 cm³/mol. The van der Waals surface area contributed by atoms with Crippen molar-refractivity contribution in [1.82, 2.24) is 34.8 Å². The highest BCUT2D eigenvalue weighted by atomic mass is 16.5. The van der Waals surface area contributed by atoms with Gasteiger partial charge in [-0.05, 0) is 37.1 Å². The number of benzene rings is 1. The fourth-order valence-electron chi connectivity index (χ4n) is 2.83. The van der Waals surface area contributed by atoms with Gasteiger partial charge < -0.3 is 10.1 Å². The van der Waals surface area contributed by atoms with Gasteiger partial charge in [0.15, 0.2) is 5.82 Å². The van der Waals surface area contributed by atoms with Crippen LogP contribution in [0.5, 0.6) is 0 Å². The van der Waals surface area contributed by atoms with Crippen LogP contribution in [0.4, 0.5) is 11.6 Å². The van der Waals surface area contributed by atoms with Gasteiger partial charge in [0.1, 0.15) is 12.3 Å². The first kappa shape index (κ1) is 17.9. The molecule has 3 heterocycles. The number of hydrogen-bond donors (Lipinski definition) is 1. The lowest BCUT2D eigenvalue weighted by atomic mass is 10.1. The van der Waals surface area contributed by atoms with Crippen LogP contribution in [0.1, 0.15) is 24.0 Å². The van der Waals surface area contributed by atoms with E-state index in [2.05, 4.69) is 54.6 Å². The lowest BCUT2D eigenvalue weighted by Gasteiger charge is -2.08. The third kappa shape index (κ3) is 3.52. The number of aromatic nitrogens is 7. The van der Waals surface area contributed by atoms with Crippen molar-refractivity contribution in [2.45, 2.75) is 26.9 Å². The number of nitrogens with one attached hydrogen (secondary N) is 1. The molecular formula is C19H20N8O. The van der Waals surface area contributed by atoms with E-state index in [9.17, 15) is 0 Å². The number of aryl methyl sites for hydroxylation is 2. The van der Waals surface area contributed by atoms with Crippen LogP contribution in [0.25, 0.3) is 17.2 Å². The molecule has 0 saturated heterocycles. The molecule has 4 rings (SSSR count). The molecule has 0 aliphatic rings. The van der Waals surface area contributed by atoms with Gasteiger partial charge in [-0.1, -0.05) is 19.1 Å². The first-order valence-corrected chi connectivity index (χ1v) is 8.95. The lowest BCUT2D eigenvalue weighted by molar-refractivity contribution is 0.178. The second kappa shape index (κ2) is 7.65. The van der Waals surface area contributed by atoms with E-state index in [0.717, 1.165) is 17.8 Å². The van der Waals surface area contributed by atoms with E-state index in [1.165, 1.54) is 5.56 Å². The highest BCUT2D eigenvalue weighted by Gasteiger charge is 2.14. The summed E-state index contributed by atoms with van der Waals surface area (Å²) in [5.74, 6) is 1.47. The van der Waals surface area contributed by atoms with E-state index in [0.29, 0.717) is 35.5 Å². The molecule has 4 aromatic rings. The van der Waals surface area contributed by atoms with Crippen LogP contribution < -0.4 is 5.32 Å². The van der Waals surface area contributed by atoms with E-state index in [4.69, 9.17) is 4.74 Å². The van der Waals surface area contributed by atoms with Crippen LogP contribution in [0.3, 0.4) is 0 Å². The van der Waals surface area contributed by atoms with Gasteiger partial charge in [0.25, 0.3) is 5.78 Å². The fourth-order valence-corrected chi connectivity index (χ4v) is 2.83. The Kier molecular flexibility index (Phi) is 4.90. The zero-order valence-electron chi connectivity index (χ0n) is 15.9. The summed E-state index contributed by atoms with van der Waals surface area (Å²) in [4.78, 5) is 13.2. The number of fused-ring (bicyclic) bond motifs is 1. The molecule has 0 aliphatic heterocycles.